The average Bonchev–Trinajstić information content (AvgIpc) is 2.92. The zero-order valence-corrected chi connectivity index (χ0v) is 13.8. The van der Waals surface area contributed by atoms with Gasteiger partial charge in [-0.1, -0.05) is 28.4 Å². The zero-order chi connectivity index (χ0) is 14.5. The van der Waals surface area contributed by atoms with E-state index in [9.17, 15) is 4.79 Å². The minimum absolute atomic E-state index is 0.0360. The second kappa shape index (κ2) is 7.11. The molecule has 1 N–H and O–H groups in total. The lowest BCUT2D eigenvalue weighted by Gasteiger charge is -2.18. The van der Waals surface area contributed by atoms with Crippen molar-refractivity contribution in [1.29, 1.82) is 0 Å². The van der Waals surface area contributed by atoms with Crippen LogP contribution in [0.4, 0.5) is 5.69 Å². The number of alkyl halides is 1. The summed E-state index contributed by atoms with van der Waals surface area (Å²) in [6.45, 7) is 0.793. The van der Waals surface area contributed by atoms with Gasteiger partial charge in [0.25, 0.3) is 5.91 Å². The highest BCUT2D eigenvalue weighted by Gasteiger charge is 2.26. The maximum absolute atomic E-state index is 12.2. The molecule has 0 spiro atoms. The normalized spacial score (nSPS) is 21.8. The smallest absolute Gasteiger partial charge is 0.251 e. The lowest BCUT2D eigenvalue weighted by Crippen LogP contribution is -2.31. The van der Waals surface area contributed by atoms with Crippen LogP contribution in [0.25, 0.3) is 0 Å². The van der Waals surface area contributed by atoms with Gasteiger partial charge < -0.3 is 10.2 Å². The number of nitrogens with one attached hydrogen (secondary N) is 1. The maximum Gasteiger partial charge on any atom is 0.251 e. The van der Waals surface area contributed by atoms with Crippen LogP contribution in [0.15, 0.2) is 24.3 Å². The fraction of sp³-hybridized carbons (Fsp3) is 0.562. The van der Waals surface area contributed by atoms with Gasteiger partial charge in [-0.25, -0.2) is 0 Å². The van der Waals surface area contributed by atoms with Gasteiger partial charge in [-0.15, -0.1) is 0 Å². The molecule has 110 valence electrons. The van der Waals surface area contributed by atoms with Gasteiger partial charge in [0.1, 0.15) is 0 Å². The van der Waals surface area contributed by atoms with Crippen LogP contribution in [0.1, 0.15) is 29.6 Å². The summed E-state index contributed by atoms with van der Waals surface area (Å²) in [5, 5.41) is 4.14. The summed E-state index contributed by atoms with van der Waals surface area (Å²) < 4.78 is 0. The van der Waals surface area contributed by atoms with Crippen molar-refractivity contribution in [3.8, 4) is 0 Å². The van der Waals surface area contributed by atoms with E-state index in [1.54, 1.807) is 0 Å². The number of amides is 1. The summed E-state index contributed by atoms with van der Waals surface area (Å²) in [6, 6.07) is 7.75. The molecule has 4 heteroatoms. The highest BCUT2D eigenvalue weighted by molar-refractivity contribution is 9.09. The van der Waals surface area contributed by atoms with Crippen molar-refractivity contribution in [3.63, 3.8) is 0 Å². The van der Waals surface area contributed by atoms with E-state index in [4.69, 9.17) is 0 Å². The van der Waals surface area contributed by atoms with Crippen LogP contribution in [0.2, 0.25) is 0 Å². The minimum atomic E-state index is 0.0360. The molecule has 2 unspecified atom stereocenters. The summed E-state index contributed by atoms with van der Waals surface area (Å²) in [5.74, 6) is 1.37. The predicted octanol–water partition coefficient (Wildman–Crippen LogP) is 3.29. The lowest BCUT2D eigenvalue weighted by atomic mass is 9.98. The van der Waals surface area contributed by atoms with Gasteiger partial charge in [-0.2, -0.15) is 0 Å². The third-order valence-electron chi connectivity index (χ3n) is 4.16. The zero-order valence-electron chi connectivity index (χ0n) is 12.2. The van der Waals surface area contributed by atoms with E-state index in [0.717, 1.165) is 23.1 Å². The predicted molar refractivity (Wildman–Crippen MR) is 87.7 cm³/mol. The standard InChI is InChI=1S/C16H23BrN2O/c1-19(2)15-8-4-5-12(9-15)16(20)18-11-14-7-3-6-13(14)10-17/h4-5,8-9,13-14H,3,6-7,10-11H2,1-2H3,(H,18,20). The summed E-state index contributed by atoms with van der Waals surface area (Å²) in [7, 11) is 3.96. The number of anilines is 1. The molecule has 1 aromatic rings. The Kier molecular flexibility index (Phi) is 5.46. The highest BCUT2D eigenvalue weighted by atomic mass is 79.9. The van der Waals surface area contributed by atoms with Crippen molar-refractivity contribution >= 4 is 27.5 Å². The number of benzene rings is 1. The highest BCUT2D eigenvalue weighted by Crippen LogP contribution is 2.32. The minimum Gasteiger partial charge on any atom is -0.378 e. The van der Waals surface area contributed by atoms with Crippen LogP contribution in [0.5, 0.6) is 0 Å². The SMILES string of the molecule is CN(C)c1cccc(C(=O)NCC2CCCC2CBr)c1. The first kappa shape index (κ1) is 15.4. The third kappa shape index (κ3) is 3.75. The number of hydrogen-bond donors (Lipinski definition) is 1. The first-order valence-electron chi connectivity index (χ1n) is 7.23. The van der Waals surface area contributed by atoms with Crippen LogP contribution < -0.4 is 10.2 Å². The van der Waals surface area contributed by atoms with Gasteiger partial charge in [0.05, 0.1) is 0 Å². The van der Waals surface area contributed by atoms with Crippen molar-refractivity contribution in [2.75, 3.05) is 30.9 Å². The molecular weight excluding hydrogens is 316 g/mol. The molecule has 20 heavy (non-hydrogen) atoms. The van der Waals surface area contributed by atoms with E-state index in [-0.39, 0.29) is 5.91 Å². The van der Waals surface area contributed by atoms with Gasteiger partial charge in [0.2, 0.25) is 0 Å². The molecule has 0 aromatic heterocycles. The summed E-state index contributed by atoms with van der Waals surface area (Å²) in [4.78, 5) is 14.2. The van der Waals surface area contributed by atoms with E-state index in [1.807, 2.05) is 43.3 Å². The molecule has 2 atom stereocenters. The fourth-order valence-corrected chi connectivity index (χ4v) is 3.69. The first-order chi connectivity index (χ1) is 9.61. The Bertz CT molecular complexity index is 462. The van der Waals surface area contributed by atoms with Gasteiger partial charge in [0, 0.05) is 37.2 Å². The van der Waals surface area contributed by atoms with E-state index in [0.29, 0.717) is 11.8 Å². The number of nitrogens with zero attached hydrogens (tertiary/aromatic N) is 1. The van der Waals surface area contributed by atoms with Gasteiger partial charge in [-0.3, -0.25) is 4.79 Å². The Hall–Kier alpha value is -1.03. The van der Waals surface area contributed by atoms with Crippen molar-refractivity contribution < 1.29 is 4.79 Å². The Morgan fingerprint density at radius 3 is 2.80 bits per heavy atom. The van der Waals surface area contributed by atoms with Crippen LogP contribution in [0, 0.1) is 11.8 Å². The van der Waals surface area contributed by atoms with Gasteiger partial charge in [-0.05, 0) is 42.9 Å². The fourth-order valence-electron chi connectivity index (χ4n) is 2.84. The number of halogens is 1. The molecule has 2 rings (SSSR count). The van der Waals surface area contributed by atoms with Crippen molar-refractivity contribution in [3.05, 3.63) is 29.8 Å². The Morgan fingerprint density at radius 2 is 2.10 bits per heavy atom. The van der Waals surface area contributed by atoms with Crippen LogP contribution >= 0.6 is 15.9 Å². The molecule has 1 aliphatic rings. The number of hydrogen-bond acceptors (Lipinski definition) is 2. The average molecular weight is 339 g/mol. The molecule has 0 heterocycles. The van der Waals surface area contributed by atoms with E-state index in [1.165, 1.54) is 19.3 Å². The van der Waals surface area contributed by atoms with E-state index in [2.05, 4.69) is 21.2 Å². The van der Waals surface area contributed by atoms with Crippen molar-refractivity contribution in [2.24, 2.45) is 11.8 Å². The molecule has 1 saturated carbocycles. The third-order valence-corrected chi connectivity index (χ3v) is 5.00. The molecule has 1 amide bonds. The van der Waals surface area contributed by atoms with Crippen molar-refractivity contribution in [1.82, 2.24) is 5.32 Å². The monoisotopic (exact) mass is 338 g/mol. The van der Waals surface area contributed by atoms with E-state index < -0.39 is 0 Å². The Labute approximate surface area is 129 Å². The summed E-state index contributed by atoms with van der Waals surface area (Å²) >= 11 is 3.58. The summed E-state index contributed by atoms with van der Waals surface area (Å²) in [6.07, 6.45) is 3.79. The van der Waals surface area contributed by atoms with Crippen molar-refractivity contribution in [2.45, 2.75) is 19.3 Å². The maximum atomic E-state index is 12.2. The molecular formula is C16H23BrN2O. The molecule has 0 aliphatic heterocycles. The number of carbonyl (C=O) groups is 1. The molecule has 1 aliphatic carbocycles. The van der Waals surface area contributed by atoms with Crippen LogP contribution in [0.3, 0.4) is 0 Å². The second-order valence-electron chi connectivity index (χ2n) is 5.76. The topological polar surface area (TPSA) is 32.3 Å². The second-order valence-corrected chi connectivity index (χ2v) is 6.41. The Balaban J connectivity index is 1.93. The van der Waals surface area contributed by atoms with Crippen LogP contribution in [-0.4, -0.2) is 31.9 Å². The molecule has 0 radical (unpaired) electrons. The molecule has 0 saturated heterocycles. The molecule has 1 aromatic carbocycles. The van der Waals surface area contributed by atoms with Crippen LogP contribution in [-0.2, 0) is 0 Å². The van der Waals surface area contributed by atoms with E-state index >= 15 is 0 Å². The lowest BCUT2D eigenvalue weighted by molar-refractivity contribution is 0.0945. The Morgan fingerprint density at radius 1 is 1.35 bits per heavy atom. The number of rotatable bonds is 5. The molecule has 1 fully saturated rings. The summed E-state index contributed by atoms with van der Waals surface area (Å²) in [5.41, 5.74) is 1.79. The largest absolute Gasteiger partial charge is 0.378 e. The quantitative estimate of drug-likeness (QED) is 0.835. The molecule has 3 nitrogen and oxygen atoms in total. The number of carbonyl (C=O) groups excluding carboxylic acids is 1. The van der Waals surface area contributed by atoms with Gasteiger partial charge in [0.15, 0.2) is 0 Å². The molecule has 0 bridgehead atoms. The van der Waals surface area contributed by atoms with Gasteiger partial charge >= 0.3 is 0 Å². The first-order valence-corrected chi connectivity index (χ1v) is 8.35.